The van der Waals surface area contributed by atoms with Gasteiger partial charge in [-0.05, 0) is 0 Å². The standard InChI is InChI=1S/C2H8O7P2.2Mn.2H2O/c3-1-2(10(4,5)6)11(7,8)9;;;;/h2-3H,1H2,(H2,4,5,6)(H2,7,8,9);;;2*1H2/q;2*+2;;/p-4. The van der Waals surface area contributed by atoms with Gasteiger partial charge in [0.2, 0.25) is 0 Å². The molecule has 0 unspecified atom stereocenters. The molecule has 2 radical (unpaired) electrons. The molecule has 0 fully saturated rings. The van der Waals surface area contributed by atoms with Crippen molar-refractivity contribution >= 4 is 15.2 Å². The van der Waals surface area contributed by atoms with Crippen LogP contribution in [-0.4, -0.2) is 28.1 Å². The van der Waals surface area contributed by atoms with Crippen molar-refractivity contribution in [1.82, 2.24) is 0 Å². The molecule has 0 saturated carbocycles. The number of hydrogen-bond acceptors (Lipinski definition) is 7. The summed E-state index contributed by atoms with van der Waals surface area (Å²) in [6.45, 7) is -1.49. The molecule has 0 aromatic carbocycles. The molecule has 0 bridgehead atoms. The summed E-state index contributed by atoms with van der Waals surface area (Å²) in [5, 5.41) is 5.31. The Labute approximate surface area is 106 Å². The summed E-state index contributed by atoms with van der Waals surface area (Å²) in [7, 11) is -11.1. The van der Waals surface area contributed by atoms with E-state index in [-0.39, 0.29) is 45.1 Å². The van der Waals surface area contributed by atoms with E-state index in [1.54, 1.807) is 0 Å². The Kier molecular flexibility index (Phi) is 20.6. The molecule has 0 spiro atoms. The van der Waals surface area contributed by atoms with Gasteiger partial charge in [0.05, 0.1) is 6.61 Å². The summed E-state index contributed by atoms with van der Waals surface area (Å²) in [5.74, 6) is 0. The molecule has 0 aliphatic rings. The minimum atomic E-state index is -5.54. The predicted octanol–water partition coefficient (Wildman–Crippen LogP) is -5.52. The van der Waals surface area contributed by atoms with Crippen LogP contribution >= 0.6 is 15.2 Å². The van der Waals surface area contributed by atoms with Crippen molar-refractivity contribution in [1.29, 1.82) is 0 Å². The van der Waals surface area contributed by atoms with Crippen LogP contribution < -0.4 is 19.6 Å². The van der Waals surface area contributed by atoms with Crippen molar-refractivity contribution in [2.75, 3.05) is 6.61 Å². The maximum atomic E-state index is 9.95. The van der Waals surface area contributed by atoms with Crippen molar-refractivity contribution in [2.45, 2.75) is 5.40 Å². The van der Waals surface area contributed by atoms with Crippen molar-refractivity contribution in [3.8, 4) is 0 Å². The van der Waals surface area contributed by atoms with Crippen LogP contribution in [0.4, 0.5) is 0 Å². The third kappa shape index (κ3) is 11.5. The van der Waals surface area contributed by atoms with Crippen LogP contribution in [0.15, 0.2) is 0 Å². The molecule has 0 aliphatic heterocycles. The molecular weight excluding hydrogens is 340 g/mol. The van der Waals surface area contributed by atoms with E-state index in [9.17, 15) is 28.7 Å². The van der Waals surface area contributed by atoms with Gasteiger partial charge in [-0.1, -0.05) is 15.2 Å². The molecule has 13 heteroatoms. The van der Waals surface area contributed by atoms with Gasteiger partial charge < -0.3 is 44.8 Å². The van der Waals surface area contributed by atoms with Gasteiger partial charge in [-0.25, -0.2) is 0 Å². The fourth-order valence-corrected chi connectivity index (χ4v) is 2.16. The Hall–Kier alpha value is 1.22. The first-order valence-corrected chi connectivity index (χ1v) is 5.56. The van der Waals surface area contributed by atoms with Gasteiger partial charge in [0.1, 0.15) is 0 Å². The minimum Gasteiger partial charge on any atom is -0.810 e. The van der Waals surface area contributed by atoms with E-state index in [0.717, 1.165) is 0 Å². The van der Waals surface area contributed by atoms with Crippen LogP contribution in [-0.2, 0) is 43.3 Å². The molecule has 0 amide bonds. The second-order valence-electron chi connectivity index (χ2n) is 1.74. The van der Waals surface area contributed by atoms with Gasteiger partial charge in [-0.3, -0.25) is 0 Å². The van der Waals surface area contributed by atoms with E-state index < -0.39 is 27.2 Å². The Morgan fingerprint density at radius 1 is 0.933 bits per heavy atom. The van der Waals surface area contributed by atoms with Gasteiger partial charge in [-0.2, -0.15) is 0 Å². The molecule has 0 aromatic heterocycles. The molecule has 0 atom stereocenters. The smallest absolute Gasteiger partial charge is 0.810 e. The zero-order valence-corrected chi connectivity index (χ0v) is 11.0. The predicted molar refractivity (Wildman–Crippen MR) is 33.3 cm³/mol. The third-order valence-electron chi connectivity index (χ3n) is 0.893. The normalized spacial score (nSPS) is 10.3. The first kappa shape index (κ1) is 29.8. The van der Waals surface area contributed by atoms with E-state index in [0.29, 0.717) is 0 Å². The molecule has 15 heavy (non-hydrogen) atoms. The van der Waals surface area contributed by atoms with Gasteiger partial charge in [0, 0.05) is 5.40 Å². The van der Waals surface area contributed by atoms with Gasteiger partial charge in [-0.15, -0.1) is 0 Å². The molecule has 0 heterocycles. The van der Waals surface area contributed by atoms with E-state index >= 15 is 0 Å². The molecule has 9 nitrogen and oxygen atoms in total. The molecule has 0 aromatic rings. The van der Waals surface area contributed by atoms with Gasteiger partial charge in [0.15, 0.2) is 0 Å². The summed E-state index contributed by atoms with van der Waals surface area (Å²) in [6.07, 6.45) is 0. The Morgan fingerprint density at radius 2 is 1.13 bits per heavy atom. The van der Waals surface area contributed by atoms with Crippen LogP contribution in [0.5, 0.6) is 0 Å². The van der Waals surface area contributed by atoms with Crippen molar-refractivity contribution in [3.63, 3.8) is 0 Å². The zero-order valence-electron chi connectivity index (χ0n) is 6.83. The first-order valence-electron chi connectivity index (χ1n) is 2.34. The quantitative estimate of drug-likeness (QED) is 0.385. The average molecular weight is 348 g/mol. The SMILES string of the molecule is O.O.O=P([O-])([O-])C(CO)P(=O)([O-])[O-].[Mn+2].[Mn+2]. The van der Waals surface area contributed by atoms with Crippen LogP contribution in [0.2, 0.25) is 0 Å². The summed E-state index contributed by atoms with van der Waals surface area (Å²) >= 11 is 0. The fraction of sp³-hybridized carbons (Fsp3) is 1.00. The zero-order chi connectivity index (χ0) is 9.28. The summed E-state index contributed by atoms with van der Waals surface area (Å²) in [6, 6.07) is 0. The van der Waals surface area contributed by atoms with E-state index in [1.807, 2.05) is 0 Å². The van der Waals surface area contributed by atoms with Crippen molar-refractivity contribution < 1.29 is 78.9 Å². The fourth-order valence-electron chi connectivity index (χ4n) is 0.373. The Morgan fingerprint density at radius 3 is 1.13 bits per heavy atom. The monoisotopic (exact) mass is 348 g/mol. The first-order chi connectivity index (χ1) is 4.69. The minimum absolute atomic E-state index is 0. The number of aliphatic hydroxyl groups excluding tert-OH is 1. The van der Waals surface area contributed by atoms with Crippen LogP contribution in [0.25, 0.3) is 0 Å². The largest absolute Gasteiger partial charge is 2.00 e. The second-order valence-corrected chi connectivity index (χ2v) is 5.56. The molecular formula is C2H8Mn2O9P2. The van der Waals surface area contributed by atoms with E-state index in [4.69, 9.17) is 5.11 Å². The van der Waals surface area contributed by atoms with Crippen molar-refractivity contribution in [2.24, 2.45) is 0 Å². The maximum Gasteiger partial charge on any atom is 2.00 e. The van der Waals surface area contributed by atoms with Crippen LogP contribution in [0.3, 0.4) is 0 Å². The van der Waals surface area contributed by atoms with Crippen LogP contribution in [0, 0.1) is 0 Å². The Balaban J connectivity index is -0.0000000833. The maximum absolute atomic E-state index is 9.95. The van der Waals surface area contributed by atoms with Crippen molar-refractivity contribution in [3.05, 3.63) is 0 Å². The summed E-state index contributed by atoms with van der Waals surface area (Å²) < 4.78 is 19.9. The van der Waals surface area contributed by atoms with Crippen LogP contribution in [0.1, 0.15) is 0 Å². The Bertz CT molecular complexity index is 198. The van der Waals surface area contributed by atoms with Gasteiger partial charge in [0.25, 0.3) is 0 Å². The third-order valence-corrected chi connectivity index (χ3v) is 4.38. The molecule has 0 rings (SSSR count). The van der Waals surface area contributed by atoms with E-state index in [1.165, 1.54) is 0 Å². The number of rotatable bonds is 3. The number of aliphatic hydroxyl groups is 1. The summed E-state index contributed by atoms with van der Waals surface area (Å²) in [5.41, 5.74) is 0. The molecule has 0 aliphatic carbocycles. The van der Waals surface area contributed by atoms with Gasteiger partial charge >= 0.3 is 34.1 Å². The second kappa shape index (κ2) is 10.4. The van der Waals surface area contributed by atoms with E-state index in [2.05, 4.69) is 0 Å². The topological polar surface area (TPSA) is 210 Å². The summed E-state index contributed by atoms with van der Waals surface area (Å²) in [4.78, 5) is 39.8. The average Bonchev–Trinajstić information content (AvgIpc) is 1.56. The molecule has 94 valence electrons. The molecule has 5 N–H and O–H groups in total. The number of hydrogen-bond donors (Lipinski definition) is 1. The molecule has 0 saturated heterocycles.